The van der Waals surface area contributed by atoms with E-state index in [1.807, 2.05) is 0 Å². The van der Waals surface area contributed by atoms with Gasteiger partial charge < -0.3 is 15.2 Å². The van der Waals surface area contributed by atoms with Gasteiger partial charge in [-0.25, -0.2) is 0 Å². The third-order valence-corrected chi connectivity index (χ3v) is 2.77. The first-order valence-corrected chi connectivity index (χ1v) is 5.73. The van der Waals surface area contributed by atoms with Crippen molar-refractivity contribution in [3.05, 3.63) is 47.2 Å². The van der Waals surface area contributed by atoms with Crippen LogP contribution < -0.4 is 15.2 Å². The smallest absolute Gasteiger partial charge is 0.163 e. The number of pyridine rings is 1. The number of anilines is 1. The monoisotopic (exact) mass is 264 g/mol. The van der Waals surface area contributed by atoms with Gasteiger partial charge in [0.25, 0.3) is 0 Å². The van der Waals surface area contributed by atoms with Gasteiger partial charge in [0.2, 0.25) is 0 Å². The average molecular weight is 265 g/mol. The summed E-state index contributed by atoms with van der Waals surface area (Å²) < 4.78 is 10.9. The van der Waals surface area contributed by atoms with Gasteiger partial charge in [-0.15, -0.1) is 0 Å². The number of rotatable bonds is 4. The van der Waals surface area contributed by atoms with Crippen LogP contribution in [0.3, 0.4) is 0 Å². The van der Waals surface area contributed by atoms with Crippen LogP contribution >= 0.6 is 11.6 Å². The Morgan fingerprint density at radius 1 is 1.28 bits per heavy atom. The number of nitrogen functional groups attached to an aromatic ring is 1. The molecule has 0 atom stereocenters. The summed E-state index contributed by atoms with van der Waals surface area (Å²) in [7, 11) is 1.58. The fourth-order valence-electron chi connectivity index (χ4n) is 1.48. The number of benzene rings is 1. The van der Waals surface area contributed by atoms with Crippen LogP contribution in [-0.2, 0) is 6.61 Å². The molecule has 0 unspecified atom stereocenters. The lowest BCUT2D eigenvalue weighted by molar-refractivity contribution is 0.284. The summed E-state index contributed by atoms with van der Waals surface area (Å²) in [4.78, 5) is 3.92. The van der Waals surface area contributed by atoms with Crippen LogP contribution in [-0.4, -0.2) is 12.1 Å². The second-order valence-electron chi connectivity index (χ2n) is 3.67. The molecule has 5 heteroatoms. The van der Waals surface area contributed by atoms with Gasteiger partial charge in [0.15, 0.2) is 11.5 Å². The van der Waals surface area contributed by atoms with Crippen molar-refractivity contribution in [3.63, 3.8) is 0 Å². The molecule has 1 aromatic heterocycles. The number of nitrogens with zero attached hydrogens (tertiary/aromatic N) is 1. The Labute approximate surface area is 110 Å². The molecule has 0 amide bonds. The Balaban J connectivity index is 2.15. The van der Waals surface area contributed by atoms with Crippen molar-refractivity contribution >= 4 is 17.3 Å². The highest BCUT2D eigenvalue weighted by atomic mass is 35.5. The standard InChI is InChI=1S/C13H13ClN2O2/c1-17-12-3-2-10(15)6-13(12)18-8-9-4-5-16-7-11(9)14/h2-7H,8,15H2,1H3. The molecule has 2 aromatic rings. The van der Waals surface area contributed by atoms with E-state index in [0.29, 0.717) is 28.8 Å². The summed E-state index contributed by atoms with van der Waals surface area (Å²) in [6.07, 6.45) is 3.25. The maximum atomic E-state index is 6.00. The van der Waals surface area contributed by atoms with E-state index in [9.17, 15) is 0 Å². The Morgan fingerprint density at radius 3 is 2.83 bits per heavy atom. The number of halogens is 1. The van der Waals surface area contributed by atoms with Crippen LogP contribution in [0.15, 0.2) is 36.7 Å². The molecule has 0 saturated carbocycles. The van der Waals surface area contributed by atoms with E-state index >= 15 is 0 Å². The number of hydrogen-bond acceptors (Lipinski definition) is 4. The molecular weight excluding hydrogens is 252 g/mol. The normalized spacial score (nSPS) is 10.1. The van der Waals surface area contributed by atoms with E-state index in [1.54, 1.807) is 43.8 Å². The zero-order chi connectivity index (χ0) is 13.0. The molecule has 18 heavy (non-hydrogen) atoms. The van der Waals surface area contributed by atoms with E-state index < -0.39 is 0 Å². The molecule has 0 saturated heterocycles. The summed E-state index contributed by atoms with van der Waals surface area (Å²) in [5, 5.41) is 0.570. The van der Waals surface area contributed by atoms with Gasteiger partial charge in [-0.3, -0.25) is 4.98 Å². The second kappa shape index (κ2) is 5.60. The summed E-state index contributed by atoms with van der Waals surface area (Å²) in [6, 6.07) is 7.04. The lowest BCUT2D eigenvalue weighted by Gasteiger charge is -2.11. The predicted octanol–water partition coefficient (Wildman–Crippen LogP) is 2.90. The molecule has 0 fully saturated rings. The molecule has 1 heterocycles. The van der Waals surface area contributed by atoms with Crippen molar-refractivity contribution < 1.29 is 9.47 Å². The molecule has 94 valence electrons. The van der Waals surface area contributed by atoms with Crippen molar-refractivity contribution in [1.29, 1.82) is 0 Å². The maximum absolute atomic E-state index is 6.00. The van der Waals surface area contributed by atoms with Crippen LogP contribution in [0, 0.1) is 0 Å². The van der Waals surface area contributed by atoms with Gasteiger partial charge in [-0.1, -0.05) is 11.6 Å². The Hall–Kier alpha value is -1.94. The molecule has 0 aliphatic heterocycles. The summed E-state index contributed by atoms with van der Waals surface area (Å²) in [5.74, 6) is 1.22. The highest BCUT2D eigenvalue weighted by Crippen LogP contribution is 2.30. The van der Waals surface area contributed by atoms with Crippen molar-refractivity contribution in [2.75, 3.05) is 12.8 Å². The van der Waals surface area contributed by atoms with E-state index in [0.717, 1.165) is 5.56 Å². The molecule has 0 spiro atoms. The zero-order valence-electron chi connectivity index (χ0n) is 9.89. The van der Waals surface area contributed by atoms with Crippen molar-refractivity contribution in [1.82, 2.24) is 4.98 Å². The Kier molecular flexibility index (Phi) is 3.89. The molecule has 0 aliphatic rings. The SMILES string of the molecule is COc1ccc(N)cc1OCc1ccncc1Cl. The highest BCUT2D eigenvalue weighted by molar-refractivity contribution is 6.31. The topological polar surface area (TPSA) is 57.4 Å². The van der Waals surface area contributed by atoms with Crippen LogP contribution in [0.5, 0.6) is 11.5 Å². The Morgan fingerprint density at radius 2 is 2.11 bits per heavy atom. The first kappa shape index (κ1) is 12.5. The van der Waals surface area contributed by atoms with Gasteiger partial charge in [0.05, 0.1) is 12.1 Å². The van der Waals surface area contributed by atoms with E-state index in [2.05, 4.69) is 4.98 Å². The number of hydrogen-bond donors (Lipinski definition) is 1. The van der Waals surface area contributed by atoms with E-state index in [-0.39, 0.29) is 0 Å². The fourth-order valence-corrected chi connectivity index (χ4v) is 1.66. The summed E-state index contributed by atoms with van der Waals surface area (Å²) in [5.41, 5.74) is 7.18. The largest absolute Gasteiger partial charge is 0.493 e. The van der Waals surface area contributed by atoms with Crippen LogP contribution in [0.2, 0.25) is 5.02 Å². The molecular formula is C13H13ClN2O2. The van der Waals surface area contributed by atoms with Gasteiger partial charge >= 0.3 is 0 Å². The minimum atomic E-state index is 0.334. The van der Waals surface area contributed by atoms with Gasteiger partial charge in [0, 0.05) is 29.7 Å². The number of ether oxygens (including phenoxy) is 2. The van der Waals surface area contributed by atoms with Gasteiger partial charge in [0.1, 0.15) is 6.61 Å². The lowest BCUT2D eigenvalue weighted by Crippen LogP contribution is -1.99. The van der Waals surface area contributed by atoms with Crippen LogP contribution in [0.1, 0.15) is 5.56 Å². The molecule has 0 bridgehead atoms. The van der Waals surface area contributed by atoms with Crippen LogP contribution in [0.25, 0.3) is 0 Å². The summed E-state index contributed by atoms with van der Waals surface area (Å²) in [6.45, 7) is 0.334. The van der Waals surface area contributed by atoms with E-state index in [1.165, 1.54) is 0 Å². The minimum absolute atomic E-state index is 0.334. The number of aromatic nitrogens is 1. The first-order chi connectivity index (χ1) is 8.70. The predicted molar refractivity (Wildman–Crippen MR) is 71.0 cm³/mol. The van der Waals surface area contributed by atoms with Gasteiger partial charge in [-0.05, 0) is 18.2 Å². The van der Waals surface area contributed by atoms with Gasteiger partial charge in [-0.2, -0.15) is 0 Å². The quantitative estimate of drug-likeness (QED) is 0.863. The summed E-state index contributed by atoms with van der Waals surface area (Å²) >= 11 is 6.00. The molecule has 0 radical (unpaired) electrons. The molecule has 4 nitrogen and oxygen atoms in total. The number of nitrogens with two attached hydrogens (primary N) is 1. The zero-order valence-corrected chi connectivity index (χ0v) is 10.6. The van der Waals surface area contributed by atoms with E-state index in [4.69, 9.17) is 26.8 Å². The number of methoxy groups -OCH3 is 1. The average Bonchev–Trinajstić information content (AvgIpc) is 2.38. The lowest BCUT2D eigenvalue weighted by atomic mass is 10.2. The molecule has 1 aromatic carbocycles. The first-order valence-electron chi connectivity index (χ1n) is 5.35. The van der Waals surface area contributed by atoms with Crippen molar-refractivity contribution in [3.8, 4) is 11.5 Å². The highest BCUT2D eigenvalue weighted by Gasteiger charge is 2.06. The molecule has 2 N–H and O–H groups in total. The maximum Gasteiger partial charge on any atom is 0.163 e. The van der Waals surface area contributed by atoms with Crippen molar-refractivity contribution in [2.45, 2.75) is 6.61 Å². The van der Waals surface area contributed by atoms with Crippen LogP contribution in [0.4, 0.5) is 5.69 Å². The van der Waals surface area contributed by atoms with Crippen molar-refractivity contribution in [2.24, 2.45) is 0 Å². The Bertz CT molecular complexity index is 546. The minimum Gasteiger partial charge on any atom is -0.493 e. The molecule has 2 rings (SSSR count). The third-order valence-electron chi connectivity index (χ3n) is 2.43. The third kappa shape index (κ3) is 2.84. The fraction of sp³-hybridized carbons (Fsp3) is 0.154. The second-order valence-corrected chi connectivity index (χ2v) is 4.07. The molecule has 0 aliphatic carbocycles.